The van der Waals surface area contributed by atoms with Crippen molar-refractivity contribution in [2.24, 2.45) is 5.92 Å². The molecule has 1 saturated carbocycles. The van der Waals surface area contributed by atoms with Crippen molar-refractivity contribution in [1.82, 2.24) is 0 Å². The molecule has 0 radical (unpaired) electrons. The highest BCUT2D eigenvalue weighted by molar-refractivity contribution is 6.30. The fourth-order valence-corrected chi connectivity index (χ4v) is 2.82. The Morgan fingerprint density at radius 2 is 2.07 bits per heavy atom. The molecule has 0 amide bonds. The van der Waals surface area contributed by atoms with Crippen molar-refractivity contribution < 1.29 is 5.11 Å². The zero-order valence-corrected chi connectivity index (χ0v) is 9.80. The van der Waals surface area contributed by atoms with Crippen LogP contribution in [0, 0.1) is 5.92 Å². The van der Waals surface area contributed by atoms with E-state index in [-0.39, 0.29) is 12.0 Å². The van der Waals surface area contributed by atoms with Crippen molar-refractivity contribution >= 4 is 11.6 Å². The third-order valence-corrected chi connectivity index (χ3v) is 3.87. The molecular formula is C13H17ClO. The second-order valence-electron chi connectivity index (χ2n) is 4.79. The molecule has 1 aromatic rings. The highest BCUT2D eigenvalue weighted by atomic mass is 35.5. The largest absolute Gasteiger partial charge is 0.395 e. The van der Waals surface area contributed by atoms with Gasteiger partial charge in [-0.15, -0.1) is 0 Å². The third kappa shape index (κ3) is 2.04. The van der Waals surface area contributed by atoms with Crippen molar-refractivity contribution in [3.05, 3.63) is 34.9 Å². The summed E-state index contributed by atoms with van der Waals surface area (Å²) >= 11 is 5.87. The summed E-state index contributed by atoms with van der Waals surface area (Å²) in [6, 6.07) is 7.93. The van der Waals surface area contributed by atoms with Crippen LogP contribution in [-0.4, -0.2) is 11.7 Å². The van der Waals surface area contributed by atoms with E-state index in [9.17, 15) is 5.11 Å². The van der Waals surface area contributed by atoms with E-state index >= 15 is 0 Å². The summed E-state index contributed by atoms with van der Waals surface area (Å²) in [5, 5.41) is 10.4. The first-order valence-corrected chi connectivity index (χ1v) is 5.91. The minimum atomic E-state index is -0.00992. The van der Waals surface area contributed by atoms with Gasteiger partial charge in [0.25, 0.3) is 0 Å². The molecule has 0 heterocycles. The molecular weight excluding hydrogens is 208 g/mol. The molecule has 1 N–H and O–H groups in total. The standard InChI is InChI=1S/C13H17ClO/c1-10-6-7-13(8-10,9-15)11-2-4-12(14)5-3-11/h2-5,10,15H,6-9H2,1H3/t10-,13+/m0/s1. The molecule has 0 aliphatic heterocycles. The molecule has 0 spiro atoms. The Kier molecular flexibility index (Phi) is 3.03. The Balaban J connectivity index is 2.30. The minimum absolute atomic E-state index is 0.00992. The summed E-state index contributed by atoms with van der Waals surface area (Å²) in [7, 11) is 0. The van der Waals surface area contributed by atoms with E-state index in [1.54, 1.807) is 0 Å². The molecule has 1 fully saturated rings. The Morgan fingerprint density at radius 3 is 2.53 bits per heavy atom. The fraction of sp³-hybridized carbons (Fsp3) is 0.538. The second kappa shape index (κ2) is 4.15. The molecule has 0 unspecified atom stereocenters. The van der Waals surface area contributed by atoms with Crippen LogP contribution in [0.25, 0.3) is 0 Å². The first-order valence-electron chi connectivity index (χ1n) is 5.53. The average molecular weight is 225 g/mol. The van der Waals surface area contributed by atoms with Gasteiger partial charge in [0.05, 0.1) is 6.61 Å². The van der Waals surface area contributed by atoms with Gasteiger partial charge >= 0.3 is 0 Å². The molecule has 2 heteroatoms. The summed E-state index contributed by atoms with van der Waals surface area (Å²) in [6.45, 7) is 2.51. The van der Waals surface area contributed by atoms with Crippen LogP contribution in [0.3, 0.4) is 0 Å². The molecule has 0 bridgehead atoms. The molecule has 0 saturated heterocycles. The van der Waals surface area contributed by atoms with Crippen LogP contribution < -0.4 is 0 Å². The van der Waals surface area contributed by atoms with Gasteiger partial charge in [-0.05, 0) is 42.9 Å². The molecule has 0 aromatic heterocycles. The molecule has 1 nitrogen and oxygen atoms in total. The van der Waals surface area contributed by atoms with E-state index in [4.69, 9.17) is 11.6 Å². The van der Waals surface area contributed by atoms with E-state index in [1.807, 2.05) is 12.1 Å². The van der Waals surface area contributed by atoms with Gasteiger partial charge < -0.3 is 5.11 Å². The molecule has 2 atom stereocenters. The molecule has 15 heavy (non-hydrogen) atoms. The first kappa shape index (κ1) is 11.0. The van der Waals surface area contributed by atoms with E-state index in [2.05, 4.69) is 19.1 Å². The van der Waals surface area contributed by atoms with E-state index in [0.717, 1.165) is 17.9 Å². The first-order chi connectivity index (χ1) is 7.16. The molecule has 1 aliphatic carbocycles. The lowest BCUT2D eigenvalue weighted by Crippen LogP contribution is -2.27. The van der Waals surface area contributed by atoms with Gasteiger partial charge in [0, 0.05) is 10.4 Å². The van der Waals surface area contributed by atoms with Crippen molar-refractivity contribution in [3.8, 4) is 0 Å². The highest BCUT2D eigenvalue weighted by Crippen LogP contribution is 2.43. The number of aliphatic hydroxyl groups is 1. The van der Waals surface area contributed by atoms with Crippen molar-refractivity contribution in [3.63, 3.8) is 0 Å². The Hall–Kier alpha value is -0.530. The van der Waals surface area contributed by atoms with Gasteiger partial charge in [0.15, 0.2) is 0 Å². The number of halogens is 1. The van der Waals surface area contributed by atoms with Crippen molar-refractivity contribution in [2.75, 3.05) is 6.61 Å². The summed E-state index contributed by atoms with van der Waals surface area (Å²) in [6.07, 6.45) is 3.39. The summed E-state index contributed by atoms with van der Waals surface area (Å²) in [4.78, 5) is 0. The number of aliphatic hydroxyl groups excluding tert-OH is 1. The zero-order chi connectivity index (χ0) is 10.9. The van der Waals surface area contributed by atoms with Crippen molar-refractivity contribution in [2.45, 2.75) is 31.6 Å². The smallest absolute Gasteiger partial charge is 0.0528 e. The number of hydrogen-bond donors (Lipinski definition) is 1. The van der Waals surface area contributed by atoms with Crippen LogP contribution in [0.5, 0.6) is 0 Å². The van der Waals surface area contributed by atoms with E-state index in [1.165, 1.54) is 12.0 Å². The van der Waals surface area contributed by atoms with E-state index in [0.29, 0.717) is 5.92 Å². The van der Waals surface area contributed by atoms with Crippen molar-refractivity contribution in [1.29, 1.82) is 0 Å². The Morgan fingerprint density at radius 1 is 1.40 bits per heavy atom. The molecule has 1 aliphatic rings. The molecule has 1 aromatic carbocycles. The Labute approximate surface area is 96.1 Å². The maximum Gasteiger partial charge on any atom is 0.0528 e. The van der Waals surface area contributed by atoms with Crippen LogP contribution >= 0.6 is 11.6 Å². The third-order valence-electron chi connectivity index (χ3n) is 3.61. The lowest BCUT2D eigenvalue weighted by atomic mass is 9.79. The quantitative estimate of drug-likeness (QED) is 0.817. The van der Waals surface area contributed by atoms with Gasteiger partial charge in [0.1, 0.15) is 0 Å². The van der Waals surface area contributed by atoms with Gasteiger partial charge in [-0.25, -0.2) is 0 Å². The summed E-state index contributed by atoms with van der Waals surface area (Å²) < 4.78 is 0. The van der Waals surface area contributed by atoms with Gasteiger partial charge in [-0.3, -0.25) is 0 Å². The maximum absolute atomic E-state index is 9.62. The predicted octanol–water partition coefficient (Wildman–Crippen LogP) is 3.39. The zero-order valence-electron chi connectivity index (χ0n) is 9.04. The minimum Gasteiger partial charge on any atom is -0.395 e. The van der Waals surface area contributed by atoms with Crippen LogP contribution in [-0.2, 0) is 5.41 Å². The van der Waals surface area contributed by atoms with Crippen LogP contribution in [0.4, 0.5) is 0 Å². The lowest BCUT2D eigenvalue weighted by molar-refractivity contribution is 0.192. The summed E-state index contributed by atoms with van der Waals surface area (Å²) in [5.41, 5.74) is 1.23. The summed E-state index contributed by atoms with van der Waals surface area (Å²) in [5.74, 6) is 0.716. The maximum atomic E-state index is 9.62. The number of hydrogen-bond acceptors (Lipinski definition) is 1. The number of benzene rings is 1. The highest BCUT2D eigenvalue weighted by Gasteiger charge is 2.38. The van der Waals surface area contributed by atoms with Crippen LogP contribution in [0.1, 0.15) is 31.7 Å². The lowest BCUT2D eigenvalue weighted by Gasteiger charge is -2.27. The topological polar surface area (TPSA) is 20.2 Å². The van der Waals surface area contributed by atoms with Gasteiger partial charge in [-0.2, -0.15) is 0 Å². The predicted molar refractivity (Wildman–Crippen MR) is 63.2 cm³/mol. The average Bonchev–Trinajstić information content (AvgIpc) is 2.62. The van der Waals surface area contributed by atoms with E-state index < -0.39 is 0 Å². The molecule has 82 valence electrons. The fourth-order valence-electron chi connectivity index (χ4n) is 2.69. The monoisotopic (exact) mass is 224 g/mol. The molecule has 2 rings (SSSR count). The van der Waals surface area contributed by atoms with Gasteiger partial charge in [-0.1, -0.05) is 30.7 Å². The normalized spacial score (nSPS) is 30.7. The van der Waals surface area contributed by atoms with Crippen LogP contribution in [0.15, 0.2) is 24.3 Å². The second-order valence-corrected chi connectivity index (χ2v) is 5.23. The van der Waals surface area contributed by atoms with Crippen LogP contribution in [0.2, 0.25) is 5.02 Å². The Bertz CT molecular complexity index is 333. The SMILES string of the molecule is C[C@H]1CC[C@@](CO)(c2ccc(Cl)cc2)C1. The number of rotatable bonds is 2. The van der Waals surface area contributed by atoms with Gasteiger partial charge in [0.2, 0.25) is 0 Å².